The standard InChI is InChI=1S/C28H18OS/c1-3-9-23-19(6-1)8-5-10-24(23)20-12-14-21(15-13-20)27-16-17-28(30-27)26-18-22-7-2-4-11-25(22)29-26/h1-18H. The first-order chi connectivity index (χ1) is 14.8. The summed E-state index contributed by atoms with van der Waals surface area (Å²) < 4.78 is 6.03. The summed E-state index contributed by atoms with van der Waals surface area (Å²) >= 11 is 1.76. The maximum Gasteiger partial charge on any atom is 0.145 e. The van der Waals surface area contributed by atoms with E-state index in [1.807, 2.05) is 18.2 Å². The number of benzene rings is 4. The van der Waals surface area contributed by atoms with Crippen LogP contribution in [0.5, 0.6) is 0 Å². The summed E-state index contributed by atoms with van der Waals surface area (Å²) in [6.07, 6.45) is 0. The highest BCUT2D eigenvalue weighted by atomic mass is 32.1. The molecule has 2 heteroatoms. The van der Waals surface area contributed by atoms with Gasteiger partial charge in [0, 0.05) is 10.3 Å². The van der Waals surface area contributed by atoms with Gasteiger partial charge in [0.15, 0.2) is 0 Å². The average molecular weight is 403 g/mol. The van der Waals surface area contributed by atoms with E-state index in [1.54, 1.807) is 11.3 Å². The Bertz CT molecular complexity index is 1450. The van der Waals surface area contributed by atoms with Gasteiger partial charge < -0.3 is 4.42 Å². The van der Waals surface area contributed by atoms with Crippen LogP contribution in [0.4, 0.5) is 0 Å². The zero-order valence-electron chi connectivity index (χ0n) is 16.2. The second kappa shape index (κ2) is 7.01. The molecule has 0 aliphatic carbocycles. The summed E-state index contributed by atoms with van der Waals surface area (Å²) in [5.41, 5.74) is 4.67. The normalized spacial score (nSPS) is 11.3. The second-order valence-corrected chi connectivity index (χ2v) is 8.50. The number of furan rings is 1. The van der Waals surface area contributed by atoms with E-state index < -0.39 is 0 Å². The number of thiophene rings is 1. The first kappa shape index (κ1) is 17.3. The maximum atomic E-state index is 6.03. The van der Waals surface area contributed by atoms with E-state index in [1.165, 1.54) is 32.3 Å². The van der Waals surface area contributed by atoms with Crippen molar-refractivity contribution in [2.45, 2.75) is 0 Å². The van der Waals surface area contributed by atoms with Crippen LogP contribution in [0.25, 0.3) is 53.9 Å². The molecule has 0 amide bonds. The van der Waals surface area contributed by atoms with Gasteiger partial charge in [0.2, 0.25) is 0 Å². The summed E-state index contributed by atoms with van der Waals surface area (Å²) in [5, 5.41) is 3.70. The Balaban J connectivity index is 1.34. The van der Waals surface area contributed by atoms with Crippen LogP contribution in [0.2, 0.25) is 0 Å². The fourth-order valence-corrected chi connectivity index (χ4v) is 4.98. The molecule has 0 radical (unpaired) electrons. The van der Waals surface area contributed by atoms with Crippen LogP contribution >= 0.6 is 11.3 Å². The Morgan fingerprint density at radius 2 is 1.23 bits per heavy atom. The van der Waals surface area contributed by atoms with Crippen LogP contribution in [-0.4, -0.2) is 0 Å². The Labute approximate surface area is 178 Å². The Kier molecular flexibility index (Phi) is 4.03. The lowest BCUT2D eigenvalue weighted by atomic mass is 9.97. The lowest BCUT2D eigenvalue weighted by Crippen LogP contribution is -1.81. The summed E-state index contributed by atoms with van der Waals surface area (Å²) in [6.45, 7) is 0. The zero-order valence-corrected chi connectivity index (χ0v) is 17.0. The van der Waals surface area contributed by atoms with E-state index in [9.17, 15) is 0 Å². The highest BCUT2D eigenvalue weighted by Crippen LogP contribution is 2.38. The quantitative estimate of drug-likeness (QED) is 0.289. The van der Waals surface area contributed by atoms with Crippen molar-refractivity contribution in [3.05, 3.63) is 109 Å². The SMILES string of the molecule is c1ccc2oc(-c3ccc(-c4ccc(-c5cccc6ccccc56)cc4)s3)cc2c1. The van der Waals surface area contributed by atoms with Crippen LogP contribution in [0, 0.1) is 0 Å². The highest BCUT2D eigenvalue weighted by Gasteiger charge is 2.10. The van der Waals surface area contributed by atoms with Crippen LogP contribution < -0.4 is 0 Å². The first-order valence-corrected chi connectivity index (χ1v) is 10.8. The van der Waals surface area contributed by atoms with Crippen molar-refractivity contribution < 1.29 is 4.42 Å². The molecule has 0 aliphatic heterocycles. The molecule has 2 aromatic heterocycles. The Morgan fingerprint density at radius 1 is 0.533 bits per heavy atom. The molecule has 0 N–H and O–H groups in total. The number of fused-ring (bicyclic) bond motifs is 2. The predicted octanol–water partition coefficient (Wildman–Crippen LogP) is 8.65. The van der Waals surface area contributed by atoms with Crippen LogP contribution in [-0.2, 0) is 0 Å². The maximum absolute atomic E-state index is 6.03. The fraction of sp³-hybridized carbons (Fsp3) is 0. The molecule has 0 atom stereocenters. The number of hydrogen-bond donors (Lipinski definition) is 0. The van der Waals surface area contributed by atoms with Crippen LogP contribution in [0.15, 0.2) is 114 Å². The average Bonchev–Trinajstić information content (AvgIpc) is 3.46. The van der Waals surface area contributed by atoms with Crippen molar-refractivity contribution in [1.82, 2.24) is 0 Å². The second-order valence-electron chi connectivity index (χ2n) is 7.42. The minimum atomic E-state index is 0.930. The minimum Gasteiger partial charge on any atom is -0.455 e. The molecule has 142 valence electrons. The van der Waals surface area contributed by atoms with Gasteiger partial charge in [0.25, 0.3) is 0 Å². The lowest BCUT2D eigenvalue weighted by Gasteiger charge is -2.07. The molecular weight excluding hydrogens is 384 g/mol. The molecule has 1 nitrogen and oxygen atoms in total. The number of hydrogen-bond acceptors (Lipinski definition) is 2. The van der Waals surface area contributed by atoms with E-state index in [0.717, 1.165) is 21.6 Å². The van der Waals surface area contributed by atoms with Gasteiger partial charge in [0.05, 0.1) is 4.88 Å². The van der Waals surface area contributed by atoms with Gasteiger partial charge in [-0.15, -0.1) is 11.3 Å². The Morgan fingerprint density at radius 3 is 2.10 bits per heavy atom. The topological polar surface area (TPSA) is 13.1 Å². The minimum absolute atomic E-state index is 0.930. The molecule has 6 aromatic rings. The largest absolute Gasteiger partial charge is 0.455 e. The van der Waals surface area contributed by atoms with Crippen molar-refractivity contribution in [2.24, 2.45) is 0 Å². The molecule has 0 saturated carbocycles. The summed E-state index contributed by atoms with van der Waals surface area (Å²) in [7, 11) is 0. The molecule has 6 rings (SSSR count). The summed E-state index contributed by atoms with van der Waals surface area (Å²) in [5.74, 6) is 0.930. The molecule has 2 heterocycles. The van der Waals surface area contributed by atoms with Gasteiger partial charge in [-0.3, -0.25) is 0 Å². The molecule has 0 bridgehead atoms. The van der Waals surface area contributed by atoms with E-state index in [0.29, 0.717) is 0 Å². The molecule has 0 aliphatic rings. The van der Waals surface area contributed by atoms with Crippen LogP contribution in [0.3, 0.4) is 0 Å². The van der Waals surface area contributed by atoms with Gasteiger partial charge in [-0.25, -0.2) is 0 Å². The van der Waals surface area contributed by atoms with Gasteiger partial charge in [-0.2, -0.15) is 0 Å². The molecule has 0 fully saturated rings. The van der Waals surface area contributed by atoms with Crippen molar-refractivity contribution in [3.63, 3.8) is 0 Å². The number of para-hydroxylation sites is 1. The molecule has 0 unspecified atom stereocenters. The first-order valence-electron chi connectivity index (χ1n) is 10.0. The molecule has 0 saturated heterocycles. The van der Waals surface area contributed by atoms with Gasteiger partial charge in [-0.05, 0) is 51.7 Å². The van der Waals surface area contributed by atoms with Crippen molar-refractivity contribution in [2.75, 3.05) is 0 Å². The van der Waals surface area contributed by atoms with E-state index in [2.05, 4.69) is 91.0 Å². The molecule has 30 heavy (non-hydrogen) atoms. The van der Waals surface area contributed by atoms with E-state index in [-0.39, 0.29) is 0 Å². The highest BCUT2D eigenvalue weighted by molar-refractivity contribution is 7.18. The number of rotatable bonds is 3. The third-order valence-electron chi connectivity index (χ3n) is 5.54. The molecular formula is C28H18OS. The third-order valence-corrected chi connectivity index (χ3v) is 6.69. The fourth-order valence-electron chi connectivity index (χ4n) is 4.02. The molecule has 0 spiro atoms. The van der Waals surface area contributed by atoms with E-state index >= 15 is 0 Å². The summed E-state index contributed by atoms with van der Waals surface area (Å²) in [6, 6.07) is 38.5. The van der Waals surface area contributed by atoms with Gasteiger partial charge >= 0.3 is 0 Å². The van der Waals surface area contributed by atoms with Crippen molar-refractivity contribution in [1.29, 1.82) is 0 Å². The predicted molar refractivity (Wildman–Crippen MR) is 128 cm³/mol. The smallest absolute Gasteiger partial charge is 0.145 e. The van der Waals surface area contributed by atoms with Crippen molar-refractivity contribution >= 4 is 33.1 Å². The van der Waals surface area contributed by atoms with Crippen LogP contribution in [0.1, 0.15) is 0 Å². The van der Waals surface area contributed by atoms with Crippen molar-refractivity contribution in [3.8, 4) is 32.2 Å². The lowest BCUT2D eigenvalue weighted by molar-refractivity contribution is 0.633. The third kappa shape index (κ3) is 2.94. The Hall–Kier alpha value is -3.62. The summed E-state index contributed by atoms with van der Waals surface area (Å²) in [4.78, 5) is 2.40. The van der Waals surface area contributed by atoms with Gasteiger partial charge in [-0.1, -0.05) is 84.9 Å². The zero-order chi connectivity index (χ0) is 19.9. The van der Waals surface area contributed by atoms with E-state index in [4.69, 9.17) is 4.42 Å². The monoisotopic (exact) mass is 402 g/mol. The van der Waals surface area contributed by atoms with Gasteiger partial charge in [0.1, 0.15) is 11.3 Å². The molecule has 4 aromatic carbocycles.